The number of methoxy groups -OCH3 is 1. The summed E-state index contributed by atoms with van der Waals surface area (Å²) in [6.45, 7) is 4.26. The van der Waals surface area contributed by atoms with Crippen LogP contribution in [-0.2, 0) is 0 Å². The lowest BCUT2D eigenvalue weighted by atomic mass is 9.80. The smallest absolute Gasteiger partial charge is 0.170 e. The Kier molecular flexibility index (Phi) is 2.25. The second-order valence-corrected chi connectivity index (χ2v) is 5.86. The van der Waals surface area contributed by atoms with Gasteiger partial charge in [-0.2, -0.15) is 0 Å². The maximum absolute atomic E-state index is 12.3. The summed E-state index contributed by atoms with van der Waals surface area (Å²) in [5.41, 5.74) is 0.449. The average Bonchev–Trinajstić information content (AvgIpc) is 3.08. The number of fused-ring (bicyclic) bond motifs is 1. The Bertz CT molecular complexity index is 516. The van der Waals surface area contributed by atoms with Gasteiger partial charge in [0.1, 0.15) is 17.1 Å². The minimum absolute atomic E-state index is 0.142. The van der Waals surface area contributed by atoms with Crippen LogP contribution in [0.5, 0.6) is 11.5 Å². The highest BCUT2D eigenvalue weighted by Gasteiger charge is 2.57. The van der Waals surface area contributed by atoms with Gasteiger partial charge in [-0.15, -0.1) is 0 Å². The standard InChI is InChI=1S/C15H18O3/c1-14(6-7-14)15(2)9-12(16)11-5-4-10(17-3)8-13(11)18-15/h4-5,8H,6-7,9H2,1-3H3. The number of rotatable bonds is 2. The zero-order valence-electron chi connectivity index (χ0n) is 11.1. The van der Waals surface area contributed by atoms with E-state index in [1.54, 1.807) is 13.2 Å². The summed E-state index contributed by atoms with van der Waals surface area (Å²) < 4.78 is 11.4. The first kappa shape index (κ1) is 11.6. The SMILES string of the molecule is COc1ccc2c(c1)OC(C)(C1(C)CC1)CC2=O. The van der Waals surface area contributed by atoms with Crippen LogP contribution in [0.1, 0.15) is 43.5 Å². The van der Waals surface area contributed by atoms with Gasteiger partial charge in [0, 0.05) is 11.5 Å². The molecule has 1 saturated carbocycles. The molecule has 1 aliphatic heterocycles. The summed E-state index contributed by atoms with van der Waals surface area (Å²) in [6.07, 6.45) is 2.75. The molecule has 3 nitrogen and oxygen atoms in total. The van der Waals surface area contributed by atoms with Crippen LogP contribution >= 0.6 is 0 Å². The molecule has 1 heterocycles. The van der Waals surface area contributed by atoms with Crippen molar-refractivity contribution in [1.29, 1.82) is 0 Å². The van der Waals surface area contributed by atoms with Crippen molar-refractivity contribution in [3.8, 4) is 11.5 Å². The Hall–Kier alpha value is -1.51. The van der Waals surface area contributed by atoms with Crippen molar-refractivity contribution >= 4 is 5.78 Å². The van der Waals surface area contributed by atoms with Gasteiger partial charge in [-0.05, 0) is 31.9 Å². The molecule has 96 valence electrons. The van der Waals surface area contributed by atoms with Crippen LogP contribution in [0.15, 0.2) is 18.2 Å². The van der Waals surface area contributed by atoms with Crippen LogP contribution < -0.4 is 9.47 Å². The van der Waals surface area contributed by atoms with Crippen LogP contribution in [0.25, 0.3) is 0 Å². The van der Waals surface area contributed by atoms with Crippen molar-refractivity contribution in [1.82, 2.24) is 0 Å². The summed E-state index contributed by atoms with van der Waals surface area (Å²) in [7, 11) is 1.62. The summed E-state index contributed by atoms with van der Waals surface area (Å²) in [4.78, 5) is 12.3. The van der Waals surface area contributed by atoms with Crippen molar-refractivity contribution in [3.63, 3.8) is 0 Å². The molecule has 1 aliphatic carbocycles. The maximum atomic E-state index is 12.3. The number of Topliss-reactive ketones (excluding diaryl/α,β-unsaturated/α-hetero) is 1. The summed E-state index contributed by atoms with van der Waals surface area (Å²) in [5, 5.41) is 0. The lowest BCUT2D eigenvalue weighted by Gasteiger charge is -2.40. The lowest BCUT2D eigenvalue weighted by Crippen LogP contribution is -2.46. The molecule has 0 bridgehead atoms. The maximum Gasteiger partial charge on any atom is 0.170 e. The van der Waals surface area contributed by atoms with E-state index in [0.29, 0.717) is 17.7 Å². The van der Waals surface area contributed by atoms with Crippen molar-refractivity contribution < 1.29 is 14.3 Å². The Morgan fingerprint density at radius 3 is 2.61 bits per heavy atom. The Labute approximate surface area is 107 Å². The predicted molar refractivity (Wildman–Crippen MR) is 68.3 cm³/mol. The molecule has 0 spiro atoms. The van der Waals surface area contributed by atoms with E-state index in [2.05, 4.69) is 13.8 Å². The third kappa shape index (κ3) is 1.53. The highest BCUT2D eigenvalue weighted by molar-refractivity contribution is 6.00. The molecular weight excluding hydrogens is 228 g/mol. The van der Waals surface area contributed by atoms with E-state index in [0.717, 1.165) is 18.6 Å². The number of hydrogen-bond acceptors (Lipinski definition) is 3. The van der Waals surface area contributed by atoms with Gasteiger partial charge >= 0.3 is 0 Å². The van der Waals surface area contributed by atoms with Crippen molar-refractivity contribution in [3.05, 3.63) is 23.8 Å². The molecule has 0 radical (unpaired) electrons. The van der Waals surface area contributed by atoms with Gasteiger partial charge < -0.3 is 9.47 Å². The van der Waals surface area contributed by atoms with Crippen LogP contribution in [0.3, 0.4) is 0 Å². The van der Waals surface area contributed by atoms with E-state index < -0.39 is 0 Å². The highest BCUT2D eigenvalue weighted by Crippen LogP contribution is 2.58. The quantitative estimate of drug-likeness (QED) is 0.803. The fourth-order valence-electron chi connectivity index (χ4n) is 2.68. The molecule has 1 aromatic rings. The van der Waals surface area contributed by atoms with E-state index >= 15 is 0 Å². The summed E-state index contributed by atoms with van der Waals surface area (Å²) in [6, 6.07) is 5.42. The summed E-state index contributed by atoms with van der Waals surface area (Å²) >= 11 is 0. The predicted octanol–water partition coefficient (Wildman–Crippen LogP) is 3.22. The zero-order chi connectivity index (χ0) is 13.0. The van der Waals surface area contributed by atoms with E-state index in [9.17, 15) is 4.79 Å². The molecule has 0 N–H and O–H groups in total. The monoisotopic (exact) mass is 246 g/mol. The number of benzene rings is 1. The molecule has 0 saturated heterocycles. The molecular formula is C15H18O3. The van der Waals surface area contributed by atoms with Crippen LogP contribution in [0.2, 0.25) is 0 Å². The van der Waals surface area contributed by atoms with Crippen LogP contribution in [0, 0.1) is 5.41 Å². The normalized spacial score (nSPS) is 28.3. The Morgan fingerprint density at radius 2 is 2.00 bits per heavy atom. The second kappa shape index (κ2) is 3.50. The Balaban J connectivity index is 2.02. The largest absolute Gasteiger partial charge is 0.497 e. The van der Waals surface area contributed by atoms with Gasteiger partial charge in [0.25, 0.3) is 0 Å². The molecule has 3 rings (SSSR count). The topological polar surface area (TPSA) is 35.5 Å². The first-order valence-corrected chi connectivity index (χ1v) is 6.38. The van der Waals surface area contributed by atoms with Crippen molar-refractivity contribution in [2.45, 2.75) is 38.7 Å². The van der Waals surface area contributed by atoms with E-state index in [1.165, 1.54) is 0 Å². The fourth-order valence-corrected chi connectivity index (χ4v) is 2.68. The molecule has 0 amide bonds. The minimum Gasteiger partial charge on any atom is -0.497 e. The average molecular weight is 246 g/mol. The van der Waals surface area contributed by atoms with Gasteiger partial charge in [-0.25, -0.2) is 0 Å². The van der Waals surface area contributed by atoms with Crippen LogP contribution in [0.4, 0.5) is 0 Å². The van der Waals surface area contributed by atoms with Gasteiger partial charge in [0.2, 0.25) is 0 Å². The van der Waals surface area contributed by atoms with Gasteiger partial charge in [-0.3, -0.25) is 4.79 Å². The number of carbonyl (C=O) groups is 1. The molecule has 0 aromatic heterocycles. The first-order valence-electron chi connectivity index (χ1n) is 6.38. The fraction of sp³-hybridized carbons (Fsp3) is 0.533. The molecule has 18 heavy (non-hydrogen) atoms. The second-order valence-electron chi connectivity index (χ2n) is 5.86. The molecule has 1 unspecified atom stereocenters. The summed E-state index contributed by atoms with van der Waals surface area (Å²) in [5.74, 6) is 1.57. The van der Waals surface area contributed by atoms with E-state index in [4.69, 9.17) is 9.47 Å². The zero-order valence-corrected chi connectivity index (χ0v) is 11.1. The lowest BCUT2D eigenvalue weighted by molar-refractivity contribution is 0.00408. The third-order valence-corrected chi connectivity index (χ3v) is 4.60. The van der Waals surface area contributed by atoms with Gasteiger partial charge in [-0.1, -0.05) is 6.92 Å². The Morgan fingerprint density at radius 1 is 1.28 bits per heavy atom. The van der Waals surface area contributed by atoms with Crippen LogP contribution in [-0.4, -0.2) is 18.5 Å². The molecule has 1 aromatic carbocycles. The van der Waals surface area contributed by atoms with Gasteiger partial charge in [0.15, 0.2) is 5.78 Å². The molecule has 2 aliphatic rings. The minimum atomic E-state index is -0.372. The van der Waals surface area contributed by atoms with Gasteiger partial charge in [0.05, 0.1) is 19.1 Å². The number of ether oxygens (including phenoxy) is 2. The number of ketones is 1. The van der Waals surface area contributed by atoms with Crippen molar-refractivity contribution in [2.75, 3.05) is 7.11 Å². The highest BCUT2D eigenvalue weighted by atomic mass is 16.5. The number of hydrogen-bond donors (Lipinski definition) is 0. The molecule has 1 atom stereocenters. The first-order chi connectivity index (χ1) is 8.47. The van der Waals surface area contributed by atoms with E-state index in [1.807, 2.05) is 12.1 Å². The van der Waals surface area contributed by atoms with E-state index in [-0.39, 0.29) is 16.8 Å². The third-order valence-electron chi connectivity index (χ3n) is 4.60. The number of carbonyl (C=O) groups excluding carboxylic acids is 1. The van der Waals surface area contributed by atoms with Crippen molar-refractivity contribution in [2.24, 2.45) is 5.41 Å². The molecule has 1 fully saturated rings. The molecule has 3 heteroatoms.